The number of aliphatic hydroxyl groups is 1. The molecular formula is C23H24N3O4+. The van der Waals surface area contributed by atoms with E-state index in [0.717, 1.165) is 33.6 Å². The number of nitrogens with two attached hydrogens (primary N) is 1. The van der Waals surface area contributed by atoms with Gasteiger partial charge in [0.15, 0.2) is 0 Å². The van der Waals surface area contributed by atoms with Crippen LogP contribution in [0.2, 0.25) is 0 Å². The predicted octanol–water partition coefficient (Wildman–Crippen LogP) is 3.43. The predicted molar refractivity (Wildman–Crippen MR) is 114 cm³/mol. The summed E-state index contributed by atoms with van der Waals surface area (Å²) in [5.41, 5.74) is 9.68. The Hall–Kier alpha value is -3.58. The molecule has 4 rings (SSSR count). The largest absolute Gasteiger partial charge is 0.497 e. The van der Waals surface area contributed by atoms with E-state index >= 15 is 0 Å². The van der Waals surface area contributed by atoms with Crippen molar-refractivity contribution in [3.8, 4) is 33.9 Å². The maximum absolute atomic E-state index is 9.19. The van der Waals surface area contributed by atoms with Crippen molar-refractivity contribution >= 4 is 16.9 Å². The molecule has 2 aromatic carbocycles. The topological polar surface area (TPSA) is 94.6 Å². The SMILES string of the molecule is COc1ccc(-c2oc3nc[n+](CCCO)c(N)c3c2-c2ccc(OC)cc2)cc1. The molecule has 0 radical (unpaired) electrons. The molecule has 2 aromatic heterocycles. The number of fused-ring (bicyclic) bond motifs is 1. The number of hydrogen-bond acceptors (Lipinski definition) is 6. The summed E-state index contributed by atoms with van der Waals surface area (Å²) in [6.45, 7) is 0.647. The number of nitrogens with zero attached hydrogens (tertiary/aromatic N) is 2. The molecular weight excluding hydrogens is 382 g/mol. The van der Waals surface area contributed by atoms with Gasteiger partial charge < -0.3 is 24.7 Å². The first-order valence-electron chi connectivity index (χ1n) is 9.66. The van der Waals surface area contributed by atoms with E-state index in [4.69, 9.17) is 19.6 Å². The highest BCUT2D eigenvalue weighted by atomic mass is 16.5. The first kappa shape index (κ1) is 19.7. The molecule has 30 heavy (non-hydrogen) atoms. The van der Waals surface area contributed by atoms with Crippen LogP contribution in [0.3, 0.4) is 0 Å². The van der Waals surface area contributed by atoms with Gasteiger partial charge in [-0.05, 0) is 42.0 Å². The van der Waals surface area contributed by atoms with Crippen LogP contribution in [0.25, 0.3) is 33.6 Å². The lowest BCUT2D eigenvalue weighted by molar-refractivity contribution is -0.685. The standard InChI is InChI=1S/C23H23N3O4/c1-28-17-8-4-15(5-9-17)19-20-22(24)26(12-3-13-27)14-25-23(20)30-21(19)16-6-10-18(29-2)11-7-16/h4-11,14,24,27H,3,12-13H2,1-2H3/p+1. The second-order valence-corrected chi connectivity index (χ2v) is 6.84. The number of methoxy groups -OCH3 is 2. The average molecular weight is 406 g/mol. The molecule has 3 N–H and O–H groups in total. The zero-order valence-corrected chi connectivity index (χ0v) is 17.0. The Labute approximate surface area is 174 Å². The molecule has 0 saturated carbocycles. The Bertz CT molecular complexity index is 1150. The Balaban J connectivity index is 1.96. The highest BCUT2D eigenvalue weighted by Crippen LogP contribution is 2.42. The van der Waals surface area contributed by atoms with Crippen LogP contribution in [0.1, 0.15) is 6.42 Å². The Morgan fingerprint density at radius 3 is 2.13 bits per heavy atom. The molecule has 0 fully saturated rings. The fourth-order valence-electron chi connectivity index (χ4n) is 3.47. The second kappa shape index (κ2) is 8.42. The quantitative estimate of drug-likeness (QED) is 0.457. The molecule has 0 aliphatic rings. The first-order valence-corrected chi connectivity index (χ1v) is 9.66. The number of nitrogen functional groups attached to an aromatic ring is 1. The van der Waals surface area contributed by atoms with Crippen LogP contribution in [0.4, 0.5) is 5.82 Å². The number of benzene rings is 2. The number of ether oxygens (including phenoxy) is 2. The third kappa shape index (κ3) is 3.55. The van der Waals surface area contributed by atoms with Gasteiger partial charge in [0.1, 0.15) is 22.6 Å². The van der Waals surface area contributed by atoms with E-state index in [0.29, 0.717) is 30.3 Å². The number of hydrogen-bond donors (Lipinski definition) is 2. The number of aryl methyl sites for hydroxylation is 1. The summed E-state index contributed by atoms with van der Waals surface area (Å²) < 4.78 is 18.6. The van der Waals surface area contributed by atoms with Crippen LogP contribution < -0.4 is 19.8 Å². The first-order chi connectivity index (χ1) is 14.7. The van der Waals surface area contributed by atoms with Gasteiger partial charge in [-0.25, -0.2) is 4.57 Å². The minimum absolute atomic E-state index is 0.0816. The fraction of sp³-hybridized carbons (Fsp3) is 0.217. The number of rotatable bonds is 7. The number of aromatic nitrogens is 2. The van der Waals surface area contributed by atoms with Crippen molar-refractivity contribution < 1.29 is 23.6 Å². The molecule has 0 saturated heterocycles. The van der Waals surface area contributed by atoms with Gasteiger partial charge in [-0.15, -0.1) is 0 Å². The molecule has 0 aliphatic carbocycles. The third-order valence-corrected chi connectivity index (χ3v) is 5.06. The minimum atomic E-state index is 0.0816. The van der Waals surface area contributed by atoms with E-state index in [1.807, 2.05) is 53.1 Å². The van der Waals surface area contributed by atoms with Crippen molar-refractivity contribution in [3.63, 3.8) is 0 Å². The molecule has 154 valence electrons. The highest BCUT2D eigenvalue weighted by molar-refractivity contribution is 6.04. The molecule has 0 atom stereocenters. The third-order valence-electron chi connectivity index (χ3n) is 5.06. The summed E-state index contributed by atoms with van der Waals surface area (Å²) in [6, 6.07) is 15.4. The highest BCUT2D eigenvalue weighted by Gasteiger charge is 2.25. The van der Waals surface area contributed by atoms with Gasteiger partial charge in [0, 0.05) is 24.2 Å². The van der Waals surface area contributed by atoms with Gasteiger partial charge in [0.2, 0.25) is 12.1 Å². The van der Waals surface area contributed by atoms with Crippen molar-refractivity contribution in [1.29, 1.82) is 0 Å². The summed E-state index contributed by atoms with van der Waals surface area (Å²) in [6.07, 6.45) is 2.23. The van der Waals surface area contributed by atoms with Gasteiger partial charge in [0.25, 0.3) is 0 Å². The summed E-state index contributed by atoms with van der Waals surface area (Å²) in [5, 5.41) is 9.94. The lowest BCUT2D eigenvalue weighted by Crippen LogP contribution is -2.38. The van der Waals surface area contributed by atoms with Crippen molar-refractivity contribution in [2.75, 3.05) is 26.6 Å². The van der Waals surface area contributed by atoms with Crippen LogP contribution in [-0.2, 0) is 6.54 Å². The van der Waals surface area contributed by atoms with E-state index in [1.54, 1.807) is 20.5 Å². The van der Waals surface area contributed by atoms with Crippen molar-refractivity contribution in [2.45, 2.75) is 13.0 Å². The van der Waals surface area contributed by atoms with E-state index in [1.165, 1.54) is 0 Å². The monoisotopic (exact) mass is 406 g/mol. The minimum Gasteiger partial charge on any atom is -0.497 e. The average Bonchev–Trinajstić information content (AvgIpc) is 3.19. The van der Waals surface area contributed by atoms with Crippen molar-refractivity contribution in [3.05, 3.63) is 54.9 Å². The number of furan rings is 1. The molecule has 7 heteroatoms. The summed E-state index contributed by atoms with van der Waals surface area (Å²) >= 11 is 0. The van der Waals surface area contributed by atoms with Crippen LogP contribution in [0.5, 0.6) is 11.5 Å². The summed E-state index contributed by atoms with van der Waals surface area (Å²) in [5.74, 6) is 2.75. The zero-order chi connectivity index (χ0) is 21.1. The van der Waals surface area contributed by atoms with Gasteiger partial charge >= 0.3 is 5.71 Å². The van der Waals surface area contributed by atoms with Gasteiger partial charge in [-0.1, -0.05) is 17.1 Å². The fourth-order valence-corrected chi connectivity index (χ4v) is 3.47. The van der Waals surface area contributed by atoms with E-state index in [2.05, 4.69) is 4.98 Å². The normalized spacial score (nSPS) is 11.0. The maximum Gasteiger partial charge on any atom is 0.310 e. The van der Waals surface area contributed by atoms with Crippen molar-refractivity contribution in [2.24, 2.45) is 0 Å². The molecule has 0 aliphatic heterocycles. The maximum atomic E-state index is 9.19. The molecule has 0 unspecified atom stereocenters. The Morgan fingerprint density at radius 1 is 0.967 bits per heavy atom. The number of anilines is 1. The Kier molecular flexibility index (Phi) is 5.54. The van der Waals surface area contributed by atoms with Crippen LogP contribution in [0.15, 0.2) is 59.3 Å². The van der Waals surface area contributed by atoms with Crippen LogP contribution >= 0.6 is 0 Å². The van der Waals surface area contributed by atoms with E-state index in [9.17, 15) is 5.11 Å². The van der Waals surface area contributed by atoms with Gasteiger partial charge in [0.05, 0.1) is 20.8 Å². The lowest BCUT2D eigenvalue weighted by Gasteiger charge is -2.07. The summed E-state index contributed by atoms with van der Waals surface area (Å²) in [7, 11) is 3.27. The molecule has 0 spiro atoms. The van der Waals surface area contributed by atoms with Gasteiger partial charge in [-0.2, -0.15) is 0 Å². The summed E-state index contributed by atoms with van der Waals surface area (Å²) in [4.78, 5) is 4.48. The number of aliphatic hydroxyl groups excluding tert-OH is 1. The Morgan fingerprint density at radius 2 is 1.57 bits per heavy atom. The second-order valence-electron chi connectivity index (χ2n) is 6.84. The van der Waals surface area contributed by atoms with Gasteiger partial charge in [-0.3, -0.25) is 0 Å². The van der Waals surface area contributed by atoms with E-state index < -0.39 is 0 Å². The smallest absolute Gasteiger partial charge is 0.310 e. The van der Waals surface area contributed by atoms with Crippen LogP contribution in [0, 0.1) is 0 Å². The molecule has 0 bridgehead atoms. The molecule has 7 nitrogen and oxygen atoms in total. The molecule has 2 heterocycles. The molecule has 0 amide bonds. The van der Waals surface area contributed by atoms with E-state index in [-0.39, 0.29) is 6.61 Å². The van der Waals surface area contributed by atoms with Crippen LogP contribution in [-0.4, -0.2) is 30.9 Å². The van der Waals surface area contributed by atoms with Crippen molar-refractivity contribution in [1.82, 2.24) is 4.98 Å². The lowest BCUT2D eigenvalue weighted by atomic mass is 9.99. The molecule has 4 aromatic rings. The zero-order valence-electron chi connectivity index (χ0n) is 17.0.